The molecule has 1 heterocycles. The first kappa shape index (κ1) is 12.6. The van der Waals surface area contributed by atoms with Crippen LogP contribution < -0.4 is 5.32 Å². The van der Waals surface area contributed by atoms with Gasteiger partial charge < -0.3 is 5.32 Å². The molecule has 3 rings (SSSR count). The molecule has 0 saturated heterocycles. The molecule has 0 aliphatic carbocycles. The molecule has 1 aromatic heterocycles. The van der Waals surface area contributed by atoms with Crippen LogP contribution in [0, 0.1) is 18.3 Å². The Hall–Kier alpha value is -2.38. The Kier molecular flexibility index (Phi) is 3.36. The summed E-state index contributed by atoms with van der Waals surface area (Å²) in [7, 11) is 0. The van der Waals surface area contributed by atoms with E-state index in [4.69, 9.17) is 5.26 Å². The van der Waals surface area contributed by atoms with Gasteiger partial charge in [0.15, 0.2) is 0 Å². The molecule has 0 spiro atoms. The van der Waals surface area contributed by atoms with Gasteiger partial charge in [0, 0.05) is 21.8 Å². The number of hydrogen-bond acceptors (Lipinski definition) is 4. The molecule has 4 heteroatoms. The van der Waals surface area contributed by atoms with Crippen LogP contribution in [0.15, 0.2) is 41.8 Å². The van der Waals surface area contributed by atoms with E-state index in [2.05, 4.69) is 21.8 Å². The molecule has 1 N–H and O–H groups in total. The predicted octanol–water partition coefficient (Wildman–Crippen LogP) is 4.09. The summed E-state index contributed by atoms with van der Waals surface area (Å²) >= 11 is 1.66. The molecule has 2 aromatic carbocycles. The van der Waals surface area contributed by atoms with Crippen LogP contribution in [-0.4, -0.2) is 4.98 Å². The van der Waals surface area contributed by atoms with Crippen LogP contribution in [-0.2, 0) is 6.54 Å². The number of aryl methyl sites for hydroxylation is 1. The number of anilines is 1. The average Bonchev–Trinajstić information content (AvgIpc) is 2.90. The lowest BCUT2D eigenvalue weighted by Crippen LogP contribution is -2.00. The number of nitriles is 1. The Balaban J connectivity index is 1.94. The maximum absolute atomic E-state index is 9.16. The van der Waals surface area contributed by atoms with E-state index in [0.29, 0.717) is 12.1 Å². The van der Waals surface area contributed by atoms with E-state index in [1.807, 2.05) is 43.3 Å². The summed E-state index contributed by atoms with van der Waals surface area (Å²) in [5.41, 5.74) is 2.78. The second-order valence-corrected chi connectivity index (χ2v) is 5.59. The third kappa shape index (κ3) is 2.36. The molecule has 0 saturated carbocycles. The molecule has 0 aliphatic heterocycles. The third-order valence-corrected chi connectivity index (χ3v) is 3.99. The minimum absolute atomic E-state index is 0.695. The van der Waals surface area contributed by atoms with Gasteiger partial charge in [0.05, 0.1) is 28.9 Å². The Morgan fingerprint density at radius 2 is 2.00 bits per heavy atom. The minimum atomic E-state index is 0.695. The number of nitrogens with one attached hydrogen (secondary N) is 1. The molecule has 0 unspecified atom stereocenters. The van der Waals surface area contributed by atoms with Crippen molar-refractivity contribution >= 4 is 27.8 Å². The zero-order chi connectivity index (χ0) is 13.9. The van der Waals surface area contributed by atoms with E-state index >= 15 is 0 Å². The van der Waals surface area contributed by atoms with Gasteiger partial charge in [0.25, 0.3) is 0 Å². The highest BCUT2D eigenvalue weighted by Crippen LogP contribution is 2.26. The standard InChI is InChI=1S/C16H13N3S/c1-11-19-13(10-20-11)9-18-16-7-6-12(8-17)14-4-2-3-5-15(14)16/h2-7,10,18H,9H2,1H3. The van der Waals surface area contributed by atoms with E-state index in [1.165, 1.54) is 0 Å². The number of fused-ring (bicyclic) bond motifs is 1. The fourth-order valence-electron chi connectivity index (χ4n) is 2.23. The number of aromatic nitrogens is 1. The van der Waals surface area contributed by atoms with Gasteiger partial charge in [0.1, 0.15) is 0 Å². The number of rotatable bonds is 3. The van der Waals surface area contributed by atoms with Crippen molar-refractivity contribution in [2.75, 3.05) is 5.32 Å². The second-order valence-electron chi connectivity index (χ2n) is 4.53. The Morgan fingerprint density at radius 1 is 1.20 bits per heavy atom. The lowest BCUT2D eigenvalue weighted by Gasteiger charge is -2.09. The van der Waals surface area contributed by atoms with Gasteiger partial charge >= 0.3 is 0 Å². The van der Waals surface area contributed by atoms with E-state index < -0.39 is 0 Å². The van der Waals surface area contributed by atoms with Gasteiger partial charge in [-0.1, -0.05) is 24.3 Å². The van der Waals surface area contributed by atoms with Crippen molar-refractivity contribution in [2.45, 2.75) is 13.5 Å². The lowest BCUT2D eigenvalue weighted by atomic mass is 10.0. The summed E-state index contributed by atoms with van der Waals surface area (Å²) in [6.45, 7) is 2.70. The summed E-state index contributed by atoms with van der Waals surface area (Å²) in [5.74, 6) is 0. The Bertz CT molecular complexity index is 799. The van der Waals surface area contributed by atoms with Crippen molar-refractivity contribution in [3.8, 4) is 6.07 Å². The second kappa shape index (κ2) is 5.32. The number of hydrogen-bond donors (Lipinski definition) is 1. The molecule has 0 fully saturated rings. The van der Waals surface area contributed by atoms with Gasteiger partial charge in [-0.05, 0) is 19.1 Å². The first-order valence-corrected chi connectivity index (χ1v) is 7.22. The molecule has 0 atom stereocenters. The van der Waals surface area contributed by atoms with Crippen molar-refractivity contribution in [1.82, 2.24) is 4.98 Å². The topological polar surface area (TPSA) is 48.7 Å². The first-order chi connectivity index (χ1) is 9.78. The molecule has 20 heavy (non-hydrogen) atoms. The van der Waals surface area contributed by atoms with E-state index in [0.717, 1.165) is 27.2 Å². The van der Waals surface area contributed by atoms with E-state index in [9.17, 15) is 0 Å². The van der Waals surface area contributed by atoms with Crippen LogP contribution in [0.25, 0.3) is 10.8 Å². The maximum Gasteiger partial charge on any atom is 0.0998 e. The van der Waals surface area contributed by atoms with Crippen LogP contribution in [0.2, 0.25) is 0 Å². The molecular formula is C16H13N3S. The summed E-state index contributed by atoms with van der Waals surface area (Å²) in [5, 5.41) is 17.7. The Morgan fingerprint density at radius 3 is 2.70 bits per heavy atom. The smallest absolute Gasteiger partial charge is 0.0998 e. The van der Waals surface area contributed by atoms with Crippen LogP contribution in [0.5, 0.6) is 0 Å². The average molecular weight is 279 g/mol. The summed E-state index contributed by atoms with van der Waals surface area (Å²) in [6, 6.07) is 14.0. The van der Waals surface area contributed by atoms with Gasteiger partial charge in [-0.25, -0.2) is 4.98 Å². The van der Waals surface area contributed by atoms with Crippen molar-refractivity contribution in [3.63, 3.8) is 0 Å². The highest BCUT2D eigenvalue weighted by Gasteiger charge is 2.05. The van der Waals surface area contributed by atoms with E-state index in [-0.39, 0.29) is 0 Å². The lowest BCUT2D eigenvalue weighted by molar-refractivity contribution is 1.06. The van der Waals surface area contributed by atoms with Gasteiger partial charge in [-0.15, -0.1) is 11.3 Å². The predicted molar refractivity (Wildman–Crippen MR) is 82.8 cm³/mol. The molecule has 0 aliphatic rings. The Labute approximate surface area is 121 Å². The van der Waals surface area contributed by atoms with Gasteiger partial charge in [-0.3, -0.25) is 0 Å². The SMILES string of the molecule is Cc1nc(CNc2ccc(C#N)c3ccccc23)cs1. The first-order valence-electron chi connectivity index (χ1n) is 6.34. The van der Waals surface area contributed by atoms with Crippen LogP contribution in [0.4, 0.5) is 5.69 Å². The fourth-order valence-corrected chi connectivity index (χ4v) is 2.84. The number of benzene rings is 2. The van der Waals surface area contributed by atoms with Crippen molar-refractivity contribution in [3.05, 3.63) is 58.0 Å². The molecule has 0 amide bonds. The number of thiazole rings is 1. The zero-order valence-electron chi connectivity index (χ0n) is 11.1. The molecule has 0 bridgehead atoms. The minimum Gasteiger partial charge on any atom is -0.379 e. The van der Waals surface area contributed by atoms with Crippen LogP contribution in [0.3, 0.4) is 0 Å². The molecule has 98 valence electrons. The quantitative estimate of drug-likeness (QED) is 0.785. The fraction of sp³-hybridized carbons (Fsp3) is 0.125. The van der Waals surface area contributed by atoms with Crippen LogP contribution >= 0.6 is 11.3 Å². The van der Waals surface area contributed by atoms with Crippen LogP contribution in [0.1, 0.15) is 16.3 Å². The zero-order valence-corrected chi connectivity index (χ0v) is 11.9. The highest BCUT2D eigenvalue weighted by atomic mass is 32.1. The monoisotopic (exact) mass is 279 g/mol. The summed E-state index contributed by atoms with van der Waals surface area (Å²) in [6.07, 6.45) is 0. The molecular weight excluding hydrogens is 266 g/mol. The van der Waals surface area contributed by atoms with E-state index in [1.54, 1.807) is 11.3 Å². The maximum atomic E-state index is 9.16. The normalized spacial score (nSPS) is 10.4. The third-order valence-electron chi connectivity index (χ3n) is 3.17. The summed E-state index contributed by atoms with van der Waals surface area (Å²) in [4.78, 5) is 4.44. The van der Waals surface area contributed by atoms with Crippen molar-refractivity contribution in [2.24, 2.45) is 0 Å². The molecule has 0 radical (unpaired) electrons. The van der Waals surface area contributed by atoms with Crippen molar-refractivity contribution < 1.29 is 0 Å². The molecule has 3 aromatic rings. The van der Waals surface area contributed by atoms with Crippen molar-refractivity contribution in [1.29, 1.82) is 5.26 Å². The van der Waals surface area contributed by atoms with Gasteiger partial charge in [0.2, 0.25) is 0 Å². The molecule has 3 nitrogen and oxygen atoms in total. The largest absolute Gasteiger partial charge is 0.379 e. The number of nitrogens with zero attached hydrogens (tertiary/aromatic N) is 2. The highest BCUT2D eigenvalue weighted by molar-refractivity contribution is 7.09. The van der Waals surface area contributed by atoms with Gasteiger partial charge in [-0.2, -0.15) is 5.26 Å². The summed E-state index contributed by atoms with van der Waals surface area (Å²) < 4.78 is 0.